The molecule has 1 aromatic carbocycles. The van der Waals surface area contributed by atoms with Crippen LogP contribution >= 0.6 is 11.3 Å². The van der Waals surface area contributed by atoms with Gasteiger partial charge in [-0.15, -0.1) is 11.3 Å². The highest BCUT2D eigenvalue weighted by molar-refractivity contribution is 7.12. The maximum absolute atomic E-state index is 13.8. The van der Waals surface area contributed by atoms with E-state index in [1.165, 1.54) is 9.75 Å². The Morgan fingerprint density at radius 3 is 2.67 bits per heavy atom. The van der Waals surface area contributed by atoms with Gasteiger partial charge in [-0.1, -0.05) is 12.1 Å². The van der Waals surface area contributed by atoms with Crippen molar-refractivity contribution in [3.8, 4) is 5.75 Å². The molecule has 1 fully saturated rings. The second-order valence-electron chi connectivity index (χ2n) is 9.73. The van der Waals surface area contributed by atoms with Gasteiger partial charge in [0, 0.05) is 41.6 Å². The van der Waals surface area contributed by atoms with Crippen LogP contribution < -0.4 is 10.1 Å². The third kappa shape index (κ3) is 4.76. The molecule has 0 spiro atoms. The monoisotopic (exact) mass is 476 g/mol. The van der Waals surface area contributed by atoms with Crippen molar-refractivity contribution in [2.75, 3.05) is 20.2 Å². The van der Waals surface area contributed by atoms with E-state index >= 15 is 0 Å². The number of carbonyl (C=O) groups is 2. The van der Waals surface area contributed by atoms with Gasteiger partial charge in [-0.3, -0.25) is 9.59 Å². The lowest BCUT2D eigenvalue weighted by atomic mass is 9.80. The molecule has 1 N–H and O–H groups in total. The quantitative estimate of drug-likeness (QED) is 0.656. The van der Waals surface area contributed by atoms with Crippen molar-refractivity contribution < 1.29 is 23.1 Å². The second kappa shape index (κ2) is 8.70. The van der Waals surface area contributed by atoms with Gasteiger partial charge in [0.25, 0.3) is 0 Å². The smallest absolute Gasteiger partial charge is 0.249 e. The zero-order chi connectivity index (χ0) is 24.0. The Morgan fingerprint density at radius 2 is 2.00 bits per heavy atom. The number of aryl methyl sites for hydroxylation is 1. The van der Waals surface area contributed by atoms with Crippen molar-refractivity contribution in [2.24, 2.45) is 11.3 Å². The summed E-state index contributed by atoms with van der Waals surface area (Å²) in [7, 11) is 1.62. The first kappa shape index (κ1) is 23.7. The normalized spacial score (nSPS) is 20.1. The number of halogens is 2. The van der Waals surface area contributed by atoms with Crippen molar-refractivity contribution in [1.82, 2.24) is 10.2 Å². The minimum atomic E-state index is -2.75. The molecule has 8 heteroatoms. The van der Waals surface area contributed by atoms with E-state index in [0.717, 1.165) is 23.3 Å². The predicted octanol–water partition coefficient (Wildman–Crippen LogP) is 4.73. The van der Waals surface area contributed by atoms with Crippen molar-refractivity contribution in [2.45, 2.75) is 52.0 Å². The molecule has 0 saturated heterocycles. The van der Waals surface area contributed by atoms with Gasteiger partial charge in [-0.2, -0.15) is 0 Å². The number of carbonyl (C=O) groups excluding carboxylic acids is 2. The Bertz CT molecular complexity index is 1060. The largest absolute Gasteiger partial charge is 0.497 e. The Balaban J connectivity index is 1.56. The number of rotatable bonds is 6. The summed E-state index contributed by atoms with van der Waals surface area (Å²) in [5.74, 6) is -3.18. The summed E-state index contributed by atoms with van der Waals surface area (Å²) in [5, 5.41) is 2.74. The van der Waals surface area contributed by atoms with Crippen molar-refractivity contribution in [3.63, 3.8) is 0 Å². The van der Waals surface area contributed by atoms with Crippen molar-refractivity contribution >= 4 is 23.2 Å². The second-order valence-corrected chi connectivity index (χ2v) is 11.1. The molecule has 2 heterocycles. The summed E-state index contributed by atoms with van der Waals surface area (Å²) >= 11 is 1.76. The Kier molecular flexibility index (Phi) is 6.24. The third-order valence-corrected chi connectivity index (χ3v) is 7.69. The first-order valence-corrected chi connectivity index (χ1v) is 12.0. The van der Waals surface area contributed by atoms with Crippen LogP contribution in [0.4, 0.5) is 8.78 Å². The summed E-state index contributed by atoms with van der Waals surface area (Å²) in [5.41, 5.74) is 1.21. The van der Waals surface area contributed by atoms with Crippen LogP contribution in [-0.4, -0.2) is 42.8 Å². The van der Waals surface area contributed by atoms with E-state index in [1.807, 2.05) is 29.2 Å². The van der Waals surface area contributed by atoms with E-state index < -0.39 is 36.0 Å². The van der Waals surface area contributed by atoms with Gasteiger partial charge in [0.15, 0.2) is 0 Å². The number of hydrogen-bond donors (Lipinski definition) is 1. The Hall–Kier alpha value is -2.48. The molecule has 1 atom stereocenters. The standard InChI is InChI=1S/C25H30F2N2O3S/c1-15-10-19-20(33-15)8-9-29(21(19)16-6-5-7-18(11-16)32-4)23(31)24(2,3)14-28-22(30)17-12-25(26,27)13-17/h5-7,10-11,17,21H,8-9,12-14H2,1-4H3,(H,28,30). The van der Waals surface area contributed by atoms with Crippen LogP contribution in [0, 0.1) is 18.3 Å². The molecule has 5 nitrogen and oxygen atoms in total. The number of alkyl halides is 2. The average molecular weight is 477 g/mol. The number of ether oxygens (including phenoxy) is 1. The minimum absolute atomic E-state index is 0.0796. The van der Waals surface area contributed by atoms with Crippen LogP contribution in [0.2, 0.25) is 0 Å². The number of benzene rings is 1. The number of hydrogen-bond acceptors (Lipinski definition) is 4. The van der Waals surface area contributed by atoms with Gasteiger partial charge in [-0.05, 0) is 56.5 Å². The summed E-state index contributed by atoms with van der Waals surface area (Å²) in [6.45, 7) is 6.33. The zero-order valence-corrected chi connectivity index (χ0v) is 20.2. The molecule has 4 rings (SSSR count). The van der Waals surface area contributed by atoms with E-state index in [1.54, 1.807) is 32.3 Å². The fourth-order valence-electron chi connectivity index (χ4n) is 4.68. The molecule has 2 aromatic rings. The number of thiophene rings is 1. The van der Waals surface area contributed by atoms with E-state index in [-0.39, 0.29) is 18.5 Å². The molecule has 1 aromatic heterocycles. The fraction of sp³-hybridized carbons (Fsp3) is 0.520. The molecule has 1 aliphatic carbocycles. The molecular formula is C25H30F2N2O3S. The lowest BCUT2D eigenvalue weighted by molar-refractivity contribution is -0.151. The number of nitrogens with one attached hydrogen (secondary N) is 1. The Labute approximate surface area is 197 Å². The number of methoxy groups -OCH3 is 1. The summed E-state index contributed by atoms with van der Waals surface area (Å²) in [4.78, 5) is 30.4. The zero-order valence-electron chi connectivity index (χ0n) is 19.4. The highest BCUT2D eigenvalue weighted by atomic mass is 32.1. The van der Waals surface area contributed by atoms with Crippen molar-refractivity contribution in [1.29, 1.82) is 0 Å². The van der Waals surface area contributed by atoms with E-state index in [2.05, 4.69) is 18.3 Å². The molecule has 2 aliphatic rings. The van der Waals surface area contributed by atoms with Gasteiger partial charge in [0.1, 0.15) is 5.75 Å². The molecule has 1 saturated carbocycles. The molecule has 0 radical (unpaired) electrons. The van der Waals surface area contributed by atoms with E-state index in [9.17, 15) is 18.4 Å². The SMILES string of the molecule is COc1cccc(C2c3cc(C)sc3CCN2C(=O)C(C)(C)CNC(=O)C2CC(F)(F)C2)c1. The number of amides is 2. The van der Waals surface area contributed by atoms with E-state index in [4.69, 9.17) is 4.74 Å². The van der Waals surface area contributed by atoms with Crippen LogP contribution in [0.5, 0.6) is 5.75 Å². The molecule has 33 heavy (non-hydrogen) atoms. The van der Waals surface area contributed by atoms with Crippen LogP contribution in [0.3, 0.4) is 0 Å². The van der Waals surface area contributed by atoms with Gasteiger partial charge >= 0.3 is 0 Å². The molecule has 2 amide bonds. The van der Waals surface area contributed by atoms with Crippen molar-refractivity contribution in [3.05, 3.63) is 51.2 Å². The van der Waals surface area contributed by atoms with Crippen LogP contribution in [0.1, 0.15) is 53.6 Å². The fourth-order valence-corrected chi connectivity index (χ4v) is 5.74. The van der Waals surface area contributed by atoms with Gasteiger partial charge in [-0.25, -0.2) is 8.78 Å². The Morgan fingerprint density at radius 1 is 1.27 bits per heavy atom. The van der Waals surface area contributed by atoms with E-state index in [0.29, 0.717) is 6.54 Å². The van der Waals surface area contributed by atoms with Gasteiger partial charge in [0.05, 0.1) is 18.6 Å². The molecule has 178 valence electrons. The predicted molar refractivity (Wildman–Crippen MR) is 124 cm³/mol. The summed E-state index contributed by atoms with van der Waals surface area (Å²) < 4.78 is 31.7. The maximum atomic E-state index is 13.8. The summed E-state index contributed by atoms with van der Waals surface area (Å²) in [6.07, 6.45) is -0.0608. The molecule has 0 bridgehead atoms. The molecular weight excluding hydrogens is 446 g/mol. The minimum Gasteiger partial charge on any atom is -0.497 e. The third-order valence-electron chi connectivity index (χ3n) is 6.57. The van der Waals surface area contributed by atoms with Gasteiger partial charge in [0.2, 0.25) is 17.7 Å². The molecule has 1 aliphatic heterocycles. The number of fused-ring (bicyclic) bond motifs is 1. The maximum Gasteiger partial charge on any atom is 0.249 e. The molecule has 1 unspecified atom stereocenters. The van der Waals surface area contributed by atoms with Crippen LogP contribution in [0.15, 0.2) is 30.3 Å². The first-order chi connectivity index (χ1) is 15.5. The first-order valence-electron chi connectivity index (χ1n) is 11.2. The van der Waals surface area contributed by atoms with Crippen LogP contribution in [0.25, 0.3) is 0 Å². The number of nitrogens with zero attached hydrogens (tertiary/aromatic N) is 1. The highest BCUT2D eigenvalue weighted by Gasteiger charge is 2.49. The highest BCUT2D eigenvalue weighted by Crippen LogP contribution is 2.43. The van der Waals surface area contributed by atoms with Gasteiger partial charge < -0.3 is 15.0 Å². The van der Waals surface area contributed by atoms with Crippen LogP contribution in [-0.2, 0) is 16.0 Å². The average Bonchev–Trinajstić information content (AvgIpc) is 3.14. The lowest BCUT2D eigenvalue weighted by Gasteiger charge is -2.41. The summed E-state index contributed by atoms with van der Waals surface area (Å²) in [6, 6.07) is 9.65. The topological polar surface area (TPSA) is 58.6 Å². The lowest BCUT2D eigenvalue weighted by Crippen LogP contribution is -2.52.